The lowest BCUT2D eigenvalue weighted by Crippen LogP contribution is -2.58. The summed E-state index contributed by atoms with van der Waals surface area (Å²) < 4.78 is 14.8. The van der Waals surface area contributed by atoms with Crippen LogP contribution in [-0.2, 0) is 4.79 Å². The Labute approximate surface area is 226 Å². The summed E-state index contributed by atoms with van der Waals surface area (Å²) in [5, 5.41) is 20.1. The summed E-state index contributed by atoms with van der Waals surface area (Å²) in [4.78, 5) is 45.3. The van der Waals surface area contributed by atoms with Crippen LogP contribution in [-0.4, -0.2) is 70.7 Å². The molecule has 0 saturated carbocycles. The van der Waals surface area contributed by atoms with E-state index in [2.05, 4.69) is 0 Å². The molecule has 3 aromatic rings. The number of amides is 1. The fourth-order valence-corrected chi connectivity index (χ4v) is 6.01. The molecule has 2 heterocycles. The smallest absolute Gasteiger partial charge is 0.228 e. The van der Waals surface area contributed by atoms with Gasteiger partial charge in [-0.3, -0.25) is 14.4 Å². The van der Waals surface area contributed by atoms with Crippen molar-refractivity contribution in [2.75, 3.05) is 33.2 Å². The van der Waals surface area contributed by atoms with Gasteiger partial charge in [0.1, 0.15) is 17.3 Å². The predicted molar refractivity (Wildman–Crippen MR) is 143 cm³/mol. The molecule has 5 rings (SSSR count). The van der Waals surface area contributed by atoms with E-state index < -0.39 is 23.6 Å². The Morgan fingerprint density at radius 3 is 1.79 bits per heavy atom. The number of carbonyl (C=O) groups excluding carboxylic acids is 3. The number of halogens is 1. The molecule has 3 atom stereocenters. The number of Topliss-reactive ketones (excluding diaryl/α,β-unsaturated/α-hetero) is 2. The lowest BCUT2D eigenvalue weighted by molar-refractivity contribution is -0.143. The zero-order valence-corrected chi connectivity index (χ0v) is 21.9. The summed E-state index contributed by atoms with van der Waals surface area (Å²) in [6, 6.07) is 16.6. The monoisotopic (exact) mass is 530 g/mol. The largest absolute Gasteiger partial charge is 0.508 e. The summed E-state index contributed by atoms with van der Waals surface area (Å²) >= 11 is 0. The Balaban J connectivity index is 1.64. The maximum Gasteiger partial charge on any atom is 0.228 e. The van der Waals surface area contributed by atoms with Gasteiger partial charge < -0.3 is 20.0 Å². The van der Waals surface area contributed by atoms with E-state index in [1.54, 1.807) is 48.2 Å². The summed E-state index contributed by atoms with van der Waals surface area (Å²) in [5.41, 5.74) is 1.37. The van der Waals surface area contributed by atoms with Gasteiger partial charge in [0.2, 0.25) is 5.91 Å². The van der Waals surface area contributed by atoms with Crippen LogP contribution in [0.1, 0.15) is 37.8 Å². The average molecular weight is 531 g/mol. The van der Waals surface area contributed by atoms with Crippen molar-refractivity contribution in [1.82, 2.24) is 9.80 Å². The molecule has 2 saturated heterocycles. The minimum absolute atomic E-state index is 0.0674. The van der Waals surface area contributed by atoms with Crippen LogP contribution in [0.15, 0.2) is 66.7 Å². The molecule has 0 radical (unpaired) electrons. The van der Waals surface area contributed by atoms with Crippen molar-refractivity contribution in [1.29, 1.82) is 0 Å². The Hall–Kier alpha value is -4.04. The first kappa shape index (κ1) is 26.6. The second-order valence-electron chi connectivity index (χ2n) is 10.7. The highest BCUT2D eigenvalue weighted by Crippen LogP contribution is 2.43. The molecule has 2 aliphatic rings. The molecule has 0 bridgehead atoms. The normalized spacial score (nSPS) is 21.8. The van der Waals surface area contributed by atoms with Crippen molar-refractivity contribution in [3.05, 3.63) is 94.8 Å². The topological polar surface area (TPSA) is 98.2 Å². The number of ketones is 2. The molecule has 2 aliphatic heterocycles. The minimum Gasteiger partial charge on any atom is -0.508 e. The Bertz CT molecular complexity index is 1370. The molecule has 202 valence electrons. The number of likely N-dealkylation sites (tertiary alicyclic amines) is 2. The highest BCUT2D eigenvalue weighted by molar-refractivity contribution is 6.03. The zero-order valence-electron chi connectivity index (χ0n) is 21.9. The number of phenols is 2. The molecule has 2 fully saturated rings. The van der Waals surface area contributed by atoms with E-state index in [1.807, 2.05) is 11.9 Å². The molecule has 0 aliphatic carbocycles. The average Bonchev–Trinajstić information content (AvgIpc) is 2.91. The summed E-state index contributed by atoms with van der Waals surface area (Å²) in [7, 11) is 1.92. The molecule has 7 nitrogen and oxygen atoms in total. The molecule has 3 aromatic carbocycles. The number of hydrogen-bond acceptors (Lipinski definition) is 6. The van der Waals surface area contributed by atoms with Gasteiger partial charge in [-0.2, -0.15) is 0 Å². The molecule has 0 aromatic heterocycles. The van der Waals surface area contributed by atoms with Crippen LogP contribution in [0.3, 0.4) is 0 Å². The fraction of sp³-hybridized carbons (Fsp3) is 0.323. The van der Waals surface area contributed by atoms with Crippen molar-refractivity contribution in [2.45, 2.75) is 12.8 Å². The first-order chi connectivity index (χ1) is 18.6. The van der Waals surface area contributed by atoms with E-state index in [4.69, 9.17) is 0 Å². The van der Waals surface area contributed by atoms with Gasteiger partial charge in [0.05, 0.1) is 5.92 Å². The van der Waals surface area contributed by atoms with E-state index in [1.165, 1.54) is 30.3 Å². The van der Waals surface area contributed by atoms with Crippen molar-refractivity contribution in [3.8, 4) is 11.5 Å². The lowest BCUT2D eigenvalue weighted by atomic mass is 9.67. The van der Waals surface area contributed by atoms with Gasteiger partial charge in [0, 0.05) is 55.1 Å². The van der Waals surface area contributed by atoms with Gasteiger partial charge in [0.15, 0.2) is 11.6 Å². The van der Waals surface area contributed by atoms with Crippen LogP contribution in [0.2, 0.25) is 0 Å². The quantitative estimate of drug-likeness (QED) is 0.467. The summed E-state index contributed by atoms with van der Waals surface area (Å²) in [6.45, 7) is 2.95. The highest BCUT2D eigenvalue weighted by atomic mass is 19.1. The van der Waals surface area contributed by atoms with Crippen molar-refractivity contribution in [3.63, 3.8) is 0 Å². The number of rotatable bonds is 6. The number of carbonyl (C=O) groups is 3. The molecule has 2 N–H and O–H groups in total. The Morgan fingerprint density at radius 2 is 1.31 bits per heavy atom. The van der Waals surface area contributed by atoms with Crippen molar-refractivity contribution < 1.29 is 29.0 Å². The van der Waals surface area contributed by atoms with Crippen LogP contribution in [0.5, 0.6) is 11.5 Å². The highest BCUT2D eigenvalue weighted by Gasteiger charge is 2.48. The molecule has 8 heteroatoms. The maximum absolute atomic E-state index is 14.8. The van der Waals surface area contributed by atoms with Crippen LogP contribution < -0.4 is 0 Å². The van der Waals surface area contributed by atoms with E-state index in [0.29, 0.717) is 24.2 Å². The van der Waals surface area contributed by atoms with Gasteiger partial charge in [-0.15, -0.1) is 0 Å². The Morgan fingerprint density at radius 1 is 0.795 bits per heavy atom. The summed E-state index contributed by atoms with van der Waals surface area (Å²) in [5.74, 6) is -4.09. The number of nitrogens with zero attached hydrogens (tertiary/aromatic N) is 2. The zero-order chi connectivity index (χ0) is 27.8. The first-order valence-electron chi connectivity index (χ1n) is 13.0. The van der Waals surface area contributed by atoms with Crippen LogP contribution in [0.25, 0.3) is 0 Å². The van der Waals surface area contributed by atoms with Gasteiger partial charge in [-0.05, 0) is 55.4 Å². The van der Waals surface area contributed by atoms with Crippen molar-refractivity contribution in [2.24, 2.45) is 17.8 Å². The third kappa shape index (κ3) is 5.16. The van der Waals surface area contributed by atoms with Gasteiger partial charge in [0.25, 0.3) is 0 Å². The van der Waals surface area contributed by atoms with Crippen LogP contribution in [0, 0.1) is 30.5 Å². The fourth-order valence-electron chi connectivity index (χ4n) is 6.01. The van der Waals surface area contributed by atoms with E-state index in [0.717, 1.165) is 0 Å². The number of hydrogen-bond donors (Lipinski definition) is 2. The van der Waals surface area contributed by atoms with E-state index >= 15 is 0 Å². The second kappa shape index (κ2) is 10.6. The SMILES string of the molecule is Cc1c(F)cccc1[C@H]1C(C(=O)c2cccc(O)c2)CN(C(=O)C2CN(C)C2)C[C@@H]1C(=O)c1cccc(O)c1. The second-order valence-corrected chi connectivity index (χ2v) is 10.7. The predicted octanol–water partition coefficient (Wildman–Crippen LogP) is 4.03. The minimum atomic E-state index is -0.867. The molecule has 39 heavy (non-hydrogen) atoms. The van der Waals surface area contributed by atoms with Gasteiger partial charge in [-0.1, -0.05) is 36.4 Å². The molecular formula is C31H31FN2O5. The molecular weight excluding hydrogens is 499 g/mol. The van der Waals surface area contributed by atoms with E-state index in [9.17, 15) is 29.0 Å². The number of phenolic OH excluding ortho intramolecular Hbond substituents is 2. The number of benzene rings is 3. The maximum atomic E-state index is 14.8. The van der Waals surface area contributed by atoms with Gasteiger partial charge >= 0.3 is 0 Å². The third-order valence-corrected chi connectivity index (χ3v) is 8.03. The molecule has 1 unspecified atom stereocenters. The van der Waals surface area contributed by atoms with Gasteiger partial charge in [-0.25, -0.2) is 4.39 Å². The summed E-state index contributed by atoms with van der Waals surface area (Å²) in [6.07, 6.45) is 0. The molecule has 0 spiro atoms. The Kier molecular flexibility index (Phi) is 7.23. The third-order valence-electron chi connectivity index (χ3n) is 8.03. The number of aromatic hydroxyl groups is 2. The van der Waals surface area contributed by atoms with Crippen LogP contribution >= 0.6 is 0 Å². The standard InChI is InChI=1S/C31H31FN2O5/c1-18-24(10-5-11-27(18)32)28-25(29(37)19-6-3-8-22(35)12-19)16-34(31(39)21-14-33(2)15-21)17-26(28)30(38)20-7-4-9-23(36)13-20/h3-13,21,25-26,28,35-36H,14-17H2,1-2H3/t25-,26?,28+/m0/s1. The van der Waals surface area contributed by atoms with Crippen LogP contribution in [0.4, 0.5) is 4.39 Å². The lowest BCUT2D eigenvalue weighted by Gasteiger charge is -2.46. The first-order valence-corrected chi connectivity index (χ1v) is 13.0. The van der Waals surface area contributed by atoms with Crippen molar-refractivity contribution >= 4 is 17.5 Å². The molecule has 1 amide bonds. The van der Waals surface area contributed by atoms with E-state index in [-0.39, 0.29) is 59.1 Å². The number of piperidine rings is 1.